The fraction of sp³-hybridized carbons (Fsp3) is 0.478. The number of carbonyl (C=O) groups excluding carboxylic acids is 1. The van der Waals surface area contributed by atoms with E-state index in [9.17, 15) is 28.2 Å². The number of ether oxygens (including phenoxy) is 2. The van der Waals surface area contributed by atoms with E-state index >= 15 is 0 Å². The standard InChI is InChI=1S/C23H24F3N5O6/c1-35-23-17(6-12-5-15(29-37-12)11-4-19(33)27-7-11)36-18(9-32)22(34)21(23)31-8-16(28-30-31)10-2-13(24)20(26)14(25)3-10/h2-3,5,8,11,17-18,21-23,32,34H,4,6-7,9H2,1H3,(H,27,33)/t11-,17-,18-,21+,22+,23+/m1/s1. The highest BCUT2D eigenvalue weighted by Gasteiger charge is 2.47. The highest BCUT2D eigenvalue weighted by Crippen LogP contribution is 2.35. The molecule has 0 saturated carbocycles. The molecule has 1 aromatic carbocycles. The van der Waals surface area contributed by atoms with Crippen LogP contribution in [0.25, 0.3) is 11.3 Å². The third-order valence-electron chi connectivity index (χ3n) is 6.71. The lowest BCUT2D eigenvalue weighted by Crippen LogP contribution is -2.57. The van der Waals surface area contributed by atoms with Crippen LogP contribution >= 0.6 is 0 Å². The zero-order valence-corrected chi connectivity index (χ0v) is 19.6. The molecule has 198 valence electrons. The van der Waals surface area contributed by atoms with Gasteiger partial charge in [0.05, 0.1) is 24.6 Å². The second-order valence-electron chi connectivity index (χ2n) is 9.04. The summed E-state index contributed by atoms with van der Waals surface area (Å²) < 4.78 is 59.1. The Morgan fingerprint density at radius 3 is 2.62 bits per heavy atom. The smallest absolute Gasteiger partial charge is 0.220 e. The number of methoxy groups -OCH3 is 1. The minimum absolute atomic E-state index is 0.0306. The molecule has 5 rings (SSSR count). The molecule has 2 aromatic heterocycles. The van der Waals surface area contributed by atoms with Gasteiger partial charge in [-0.3, -0.25) is 4.79 Å². The number of benzene rings is 1. The van der Waals surface area contributed by atoms with Gasteiger partial charge in [0.15, 0.2) is 17.5 Å². The van der Waals surface area contributed by atoms with Crippen LogP contribution in [0.5, 0.6) is 0 Å². The summed E-state index contributed by atoms with van der Waals surface area (Å²) in [5, 5.41) is 35.5. The van der Waals surface area contributed by atoms with E-state index in [1.54, 1.807) is 6.07 Å². The zero-order chi connectivity index (χ0) is 26.3. The molecule has 3 aromatic rings. The monoisotopic (exact) mass is 523 g/mol. The number of aliphatic hydroxyl groups excluding tert-OH is 2. The summed E-state index contributed by atoms with van der Waals surface area (Å²) in [6.45, 7) is -0.0547. The highest BCUT2D eigenvalue weighted by atomic mass is 19.2. The Bertz CT molecular complexity index is 1260. The molecule has 0 spiro atoms. The molecule has 2 aliphatic rings. The molecule has 2 saturated heterocycles. The molecule has 0 aliphatic carbocycles. The van der Waals surface area contributed by atoms with Gasteiger partial charge in [-0.15, -0.1) is 5.10 Å². The largest absolute Gasteiger partial charge is 0.394 e. The van der Waals surface area contributed by atoms with Gasteiger partial charge in [-0.1, -0.05) is 10.4 Å². The lowest BCUT2D eigenvalue weighted by molar-refractivity contribution is -0.212. The minimum atomic E-state index is -1.60. The maximum atomic E-state index is 13.7. The SMILES string of the molecule is CO[C@@H]1[C@@H](n2cc(-c3cc(F)c(F)c(F)c3)nn2)[C@@H](O)[C@@H](CO)O[C@@H]1Cc1cc([C@H]2CNC(=O)C2)no1. The number of rotatable bonds is 7. The van der Waals surface area contributed by atoms with Gasteiger partial charge in [-0.05, 0) is 12.1 Å². The third-order valence-corrected chi connectivity index (χ3v) is 6.71. The second kappa shape index (κ2) is 10.2. The van der Waals surface area contributed by atoms with Gasteiger partial charge in [0.1, 0.15) is 35.8 Å². The Morgan fingerprint density at radius 1 is 1.22 bits per heavy atom. The number of nitrogens with one attached hydrogen (secondary N) is 1. The molecule has 6 atom stereocenters. The van der Waals surface area contributed by atoms with Gasteiger partial charge in [-0.2, -0.15) is 0 Å². The van der Waals surface area contributed by atoms with Crippen molar-refractivity contribution in [2.45, 2.75) is 49.2 Å². The molecular formula is C23H24F3N5O6. The van der Waals surface area contributed by atoms with E-state index in [0.29, 0.717) is 24.4 Å². The molecule has 0 bridgehead atoms. The predicted octanol–water partition coefficient (Wildman–Crippen LogP) is 0.873. The average molecular weight is 523 g/mol. The summed E-state index contributed by atoms with van der Waals surface area (Å²) in [5.74, 6) is -4.08. The Labute approximate surface area is 208 Å². The first kappa shape index (κ1) is 25.3. The van der Waals surface area contributed by atoms with E-state index in [2.05, 4.69) is 20.8 Å². The molecule has 3 N–H and O–H groups in total. The van der Waals surface area contributed by atoms with Crippen molar-refractivity contribution in [2.75, 3.05) is 20.3 Å². The van der Waals surface area contributed by atoms with Crippen molar-refractivity contribution in [1.82, 2.24) is 25.5 Å². The van der Waals surface area contributed by atoms with Crippen molar-refractivity contribution in [1.29, 1.82) is 0 Å². The first-order valence-corrected chi connectivity index (χ1v) is 11.5. The number of amides is 1. The van der Waals surface area contributed by atoms with Crippen LogP contribution in [0, 0.1) is 17.5 Å². The highest BCUT2D eigenvalue weighted by molar-refractivity contribution is 5.79. The van der Waals surface area contributed by atoms with Crippen LogP contribution in [0.4, 0.5) is 13.2 Å². The number of hydrogen-bond acceptors (Lipinski definition) is 9. The molecule has 2 fully saturated rings. The van der Waals surface area contributed by atoms with Crippen LogP contribution in [0.15, 0.2) is 28.9 Å². The molecule has 0 radical (unpaired) electrons. The molecule has 4 heterocycles. The van der Waals surface area contributed by atoms with Crippen molar-refractivity contribution < 1.29 is 42.2 Å². The van der Waals surface area contributed by atoms with Gasteiger partial charge in [0, 0.05) is 44.0 Å². The Balaban J connectivity index is 1.40. The van der Waals surface area contributed by atoms with Gasteiger partial charge in [0.2, 0.25) is 5.91 Å². The van der Waals surface area contributed by atoms with Crippen molar-refractivity contribution in [3.63, 3.8) is 0 Å². The number of aromatic nitrogens is 4. The molecule has 11 nitrogen and oxygen atoms in total. The Morgan fingerprint density at radius 2 is 1.97 bits per heavy atom. The van der Waals surface area contributed by atoms with Gasteiger partial charge >= 0.3 is 0 Å². The van der Waals surface area contributed by atoms with E-state index in [-0.39, 0.29) is 29.5 Å². The van der Waals surface area contributed by atoms with E-state index < -0.39 is 54.5 Å². The predicted molar refractivity (Wildman–Crippen MR) is 117 cm³/mol. The van der Waals surface area contributed by atoms with Crippen molar-refractivity contribution >= 4 is 5.91 Å². The number of hydrogen-bond donors (Lipinski definition) is 3. The van der Waals surface area contributed by atoms with E-state index in [1.165, 1.54) is 18.0 Å². The van der Waals surface area contributed by atoms with E-state index in [1.807, 2.05) is 0 Å². The fourth-order valence-electron chi connectivity index (χ4n) is 4.82. The summed E-state index contributed by atoms with van der Waals surface area (Å²) in [7, 11) is 1.41. The third kappa shape index (κ3) is 4.84. The first-order chi connectivity index (χ1) is 17.8. The summed E-state index contributed by atoms with van der Waals surface area (Å²) in [6.07, 6.45) is -2.05. The van der Waals surface area contributed by atoms with Gasteiger partial charge in [-0.25, -0.2) is 17.9 Å². The lowest BCUT2D eigenvalue weighted by Gasteiger charge is -2.43. The van der Waals surface area contributed by atoms with Crippen LogP contribution in [-0.2, 0) is 20.7 Å². The van der Waals surface area contributed by atoms with E-state index in [4.69, 9.17) is 14.0 Å². The summed E-state index contributed by atoms with van der Waals surface area (Å²) in [5.41, 5.74) is 0.596. The van der Waals surface area contributed by atoms with Crippen LogP contribution in [0.1, 0.15) is 29.8 Å². The fourth-order valence-corrected chi connectivity index (χ4v) is 4.82. The lowest BCUT2D eigenvalue weighted by atomic mass is 9.90. The van der Waals surface area contributed by atoms with E-state index in [0.717, 1.165) is 12.1 Å². The molecule has 2 aliphatic heterocycles. The summed E-state index contributed by atoms with van der Waals surface area (Å²) in [6, 6.07) is 2.38. The first-order valence-electron chi connectivity index (χ1n) is 11.5. The number of nitrogens with zero attached hydrogens (tertiary/aromatic N) is 4. The molecule has 0 unspecified atom stereocenters. The second-order valence-corrected chi connectivity index (χ2v) is 9.04. The summed E-state index contributed by atoms with van der Waals surface area (Å²) in [4.78, 5) is 11.5. The van der Waals surface area contributed by atoms with Crippen LogP contribution < -0.4 is 5.32 Å². The average Bonchev–Trinajstić information content (AvgIpc) is 3.64. The van der Waals surface area contributed by atoms with Crippen LogP contribution in [-0.4, -0.2) is 80.9 Å². The Hall–Kier alpha value is -3.33. The molecule has 1 amide bonds. The molecule has 37 heavy (non-hydrogen) atoms. The number of carbonyl (C=O) groups is 1. The maximum Gasteiger partial charge on any atom is 0.220 e. The van der Waals surface area contributed by atoms with Gasteiger partial charge < -0.3 is 29.5 Å². The van der Waals surface area contributed by atoms with Crippen LogP contribution in [0.2, 0.25) is 0 Å². The molecular weight excluding hydrogens is 499 g/mol. The molecule has 14 heteroatoms. The zero-order valence-electron chi connectivity index (χ0n) is 19.6. The topological polar surface area (TPSA) is 145 Å². The van der Waals surface area contributed by atoms with Crippen molar-refractivity contribution in [3.05, 3.63) is 53.3 Å². The van der Waals surface area contributed by atoms with Crippen LogP contribution in [0.3, 0.4) is 0 Å². The Kier molecular flexibility index (Phi) is 6.98. The quantitative estimate of drug-likeness (QED) is 0.384. The van der Waals surface area contributed by atoms with Gasteiger partial charge in [0.25, 0.3) is 0 Å². The van der Waals surface area contributed by atoms with Crippen molar-refractivity contribution in [3.8, 4) is 11.3 Å². The maximum absolute atomic E-state index is 13.7. The normalized spacial score (nSPS) is 28.0. The summed E-state index contributed by atoms with van der Waals surface area (Å²) >= 11 is 0. The number of aliphatic hydroxyl groups is 2. The minimum Gasteiger partial charge on any atom is -0.394 e. The van der Waals surface area contributed by atoms with Crippen molar-refractivity contribution in [2.24, 2.45) is 0 Å². The number of halogens is 3.